The number of hydrogen-bond donors (Lipinski definition) is 0. The number of aromatic nitrogens is 1. The number of carbonyl (C=O) groups excluding carboxylic acids is 1. The van der Waals surface area contributed by atoms with Gasteiger partial charge in [-0.05, 0) is 43.9 Å². The Kier molecular flexibility index (Phi) is 4.56. The predicted molar refractivity (Wildman–Crippen MR) is 78.7 cm³/mol. The first-order chi connectivity index (χ1) is 9.26. The average Bonchev–Trinajstić information content (AvgIpc) is 2.88. The maximum absolute atomic E-state index is 11.1. The molecule has 0 spiro atoms. The lowest BCUT2D eigenvalue weighted by molar-refractivity contribution is 0.111. The molecule has 0 aliphatic rings. The number of rotatable bonds is 6. The molecular formula is C17H21NO. The first-order valence-corrected chi connectivity index (χ1v) is 6.95. The van der Waals surface area contributed by atoms with Gasteiger partial charge in [0.05, 0.1) is 5.69 Å². The van der Waals surface area contributed by atoms with E-state index in [9.17, 15) is 4.79 Å². The van der Waals surface area contributed by atoms with E-state index in [1.54, 1.807) is 0 Å². The third-order valence-corrected chi connectivity index (χ3v) is 3.70. The fourth-order valence-corrected chi connectivity index (χ4v) is 2.45. The van der Waals surface area contributed by atoms with E-state index in [0.29, 0.717) is 6.04 Å². The summed E-state index contributed by atoms with van der Waals surface area (Å²) in [5, 5.41) is 0. The Morgan fingerprint density at radius 2 is 1.84 bits per heavy atom. The zero-order chi connectivity index (χ0) is 13.7. The van der Waals surface area contributed by atoms with Crippen molar-refractivity contribution in [3.05, 3.63) is 59.4 Å². The Morgan fingerprint density at radius 3 is 2.47 bits per heavy atom. The molecule has 0 bridgehead atoms. The topological polar surface area (TPSA) is 22.0 Å². The van der Waals surface area contributed by atoms with Crippen LogP contribution in [0.1, 0.15) is 48.1 Å². The largest absolute Gasteiger partial charge is 0.340 e. The van der Waals surface area contributed by atoms with E-state index in [2.05, 4.69) is 48.7 Å². The van der Waals surface area contributed by atoms with E-state index < -0.39 is 0 Å². The molecular weight excluding hydrogens is 234 g/mol. The maximum atomic E-state index is 11.1. The summed E-state index contributed by atoms with van der Waals surface area (Å²) in [6.07, 6.45) is 3.98. The van der Waals surface area contributed by atoms with E-state index in [4.69, 9.17) is 0 Å². The highest BCUT2D eigenvalue weighted by molar-refractivity contribution is 5.72. The summed E-state index contributed by atoms with van der Waals surface area (Å²) in [4.78, 5) is 11.1. The molecule has 100 valence electrons. The van der Waals surface area contributed by atoms with Gasteiger partial charge in [-0.25, -0.2) is 0 Å². The van der Waals surface area contributed by atoms with Gasteiger partial charge >= 0.3 is 0 Å². The Balaban J connectivity index is 2.16. The Morgan fingerprint density at radius 1 is 1.11 bits per heavy atom. The number of aldehydes is 1. The standard InChI is InChI=1S/C17H21NO/c1-3-14(2)18-16(11-12-17(18)13-19)10-9-15-7-5-4-6-8-15/h4-8,11-14H,3,9-10H2,1-2H3/t14-/m0/s1. The summed E-state index contributed by atoms with van der Waals surface area (Å²) >= 11 is 0. The van der Waals surface area contributed by atoms with Crippen LogP contribution in [0.15, 0.2) is 42.5 Å². The highest BCUT2D eigenvalue weighted by Crippen LogP contribution is 2.19. The second kappa shape index (κ2) is 6.37. The number of nitrogens with zero attached hydrogens (tertiary/aromatic N) is 1. The number of hydrogen-bond acceptors (Lipinski definition) is 1. The van der Waals surface area contributed by atoms with Crippen molar-refractivity contribution in [3.8, 4) is 0 Å². The lowest BCUT2D eigenvalue weighted by Crippen LogP contribution is -2.11. The van der Waals surface area contributed by atoms with Crippen LogP contribution in [0.2, 0.25) is 0 Å². The fraction of sp³-hybridized carbons (Fsp3) is 0.353. The molecule has 0 saturated heterocycles. The minimum Gasteiger partial charge on any atom is -0.340 e. The minimum atomic E-state index is 0.376. The molecule has 19 heavy (non-hydrogen) atoms. The van der Waals surface area contributed by atoms with Gasteiger partial charge in [-0.2, -0.15) is 0 Å². The van der Waals surface area contributed by atoms with Crippen LogP contribution in [0, 0.1) is 0 Å². The van der Waals surface area contributed by atoms with E-state index >= 15 is 0 Å². The summed E-state index contributed by atoms with van der Waals surface area (Å²) in [6.45, 7) is 4.32. The first-order valence-electron chi connectivity index (χ1n) is 6.95. The van der Waals surface area contributed by atoms with Gasteiger partial charge in [-0.1, -0.05) is 37.3 Å². The molecule has 1 atom stereocenters. The molecule has 2 nitrogen and oxygen atoms in total. The fourth-order valence-electron chi connectivity index (χ4n) is 2.45. The van der Waals surface area contributed by atoms with Crippen molar-refractivity contribution in [1.82, 2.24) is 4.57 Å². The van der Waals surface area contributed by atoms with Crippen LogP contribution < -0.4 is 0 Å². The van der Waals surface area contributed by atoms with Crippen molar-refractivity contribution in [1.29, 1.82) is 0 Å². The zero-order valence-corrected chi connectivity index (χ0v) is 11.7. The van der Waals surface area contributed by atoms with Gasteiger partial charge in [-0.15, -0.1) is 0 Å². The normalized spacial score (nSPS) is 12.3. The van der Waals surface area contributed by atoms with Crippen LogP contribution >= 0.6 is 0 Å². The molecule has 0 N–H and O–H groups in total. The summed E-state index contributed by atoms with van der Waals surface area (Å²) in [5.41, 5.74) is 3.38. The van der Waals surface area contributed by atoms with Crippen LogP contribution in [0.5, 0.6) is 0 Å². The van der Waals surface area contributed by atoms with Crippen LogP contribution in [0.3, 0.4) is 0 Å². The molecule has 0 fully saturated rings. The summed E-state index contributed by atoms with van der Waals surface area (Å²) in [5.74, 6) is 0. The number of aryl methyl sites for hydroxylation is 2. The van der Waals surface area contributed by atoms with E-state index in [1.807, 2.05) is 12.1 Å². The molecule has 0 unspecified atom stereocenters. The van der Waals surface area contributed by atoms with Gasteiger partial charge in [0.1, 0.15) is 0 Å². The molecule has 0 saturated carbocycles. The van der Waals surface area contributed by atoms with Crippen LogP contribution in [-0.2, 0) is 12.8 Å². The molecule has 2 rings (SSSR count). The van der Waals surface area contributed by atoms with Crippen molar-refractivity contribution in [2.24, 2.45) is 0 Å². The quantitative estimate of drug-likeness (QED) is 0.713. The first kappa shape index (κ1) is 13.6. The van der Waals surface area contributed by atoms with Crippen molar-refractivity contribution in [2.45, 2.75) is 39.2 Å². The smallest absolute Gasteiger partial charge is 0.166 e. The van der Waals surface area contributed by atoms with Crippen molar-refractivity contribution < 1.29 is 4.79 Å². The Labute approximate surface area is 115 Å². The predicted octanol–water partition coefficient (Wildman–Crippen LogP) is 4.06. The van der Waals surface area contributed by atoms with Crippen molar-refractivity contribution in [3.63, 3.8) is 0 Å². The van der Waals surface area contributed by atoms with Gasteiger partial charge in [0, 0.05) is 11.7 Å². The van der Waals surface area contributed by atoms with Crippen LogP contribution in [-0.4, -0.2) is 10.9 Å². The minimum absolute atomic E-state index is 0.376. The van der Waals surface area contributed by atoms with Crippen LogP contribution in [0.4, 0.5) is 0 Å². The number of carbonyl (C=O) groups is 1. The second-order valence-electron chi connectivity index (χ2n) is 4.98. The third kappa shape index (κ3) is 3.14. The van der Waals surface area contributed by atoms with Gasteiger partial charge in [0.15, 0.2) is 6.29 Å². The highest BCUT2D eigenvalue weighted by Gasteiger charge is 2.12. The average molecular weight is 255 g/mol. The summed E-state index contributed by atoms with van der Waals surface area (Å²) in [7, 11) is 0. The maximum Gasteiger partial charge on any atom is 0.166 e. The molecule has 1 aromatic heterocycles. The lowest BCUT2D eigenvalue weighted by Gasteiger charge is -2.17. The Hall–Kier alpha value is -1.83. The molecule has 1 aromatic carbocycles. The molecule has 0 radical (unpaired) electrons. The summed E-state index contributed by atoms with van der Waals surface area (Å²) in [6, 6.07) is 14.9. The summed E-state index contributed by atoms with van der Waals surface area (Å²) < 4.78 is 2.18. The van der Waals surface area contributed by atoms with Gasteiger partial charge in [-0.3, -0.25) is 4.79 Å². The van der Waals surface area contributed by atoms with E-state index in [1.165, 1.54) is 11.3 Å². The van der Waals surface area contributed by atoms with Crippen molar-refractivity contribution in [2.75, 3.05) is 0 Å². The van der Waals surface area contributed by atoms with Gasteiger partial charge in [0.2, 0.25) is 0 Å². The van der Waals surface area contributed by atoms with E-state index in [0.717, 1.165) is 31.2 Å². The molecule has 2 aromatic rings. The van der Waals surface area contributed by atoms with Crippen LogP contribution in [0.25, 0.3) is 0 Å². The number of benzene rings is 1. The highest BCUT2D eigenvalue weighted by atomic mass is 16.1. The second-order valence-corrected chi connectivity index (χ2v) is 4.98. The monoisotopic (exact) mass is 255 g/mol. The lowest BCUT2D eigenvalue weighted by atomic mass is 10.1. The molecule has 1 heterocycles. The van der Waals surface area contributed by atoms with E-state index in [-0.39, 0.29) is 0 Å². The van der Waals surface area contributed by atoms with Gasteiger partial charge < -0.3 is 4.57 Å². The van der Waals surface area contributed by atoms with Gasteiger partial charge in [0.25, 0.3) is 0 Å². The zero-order valence-electron chi connectivity index (χ0n) is 11.7. The van der Waals surface area contributed by atoms with Crippen molar-refractivity contribution >= 4 is 6.29 Å². The molecule has 0 amide bonds. The molecule has 0 aliphatic carbocycles. The Bertz CT molecular complexity index is 527. The SMILES string of the molecule is CC[C@H](C)n1c(C=O)ccc1CCc1ccccc1. The molecule has 0 aliphatic heterocycles. The molecule has 2 heteroatoms. The third-order valence-electron chi connectivity index (χ3n) is 3.70.